The number of hydrogen-bond acceptors (Lipinski definition) is 9. The Labute approximate surface area is 261 Å². The molecule has 0 spiro atoms. The molecule has 1 heterocycles. The standard InChI is InChI=1S/C34H26BrN3O6/c1-41-11-12-43-33-18-29-28(17-32(33)42-2)34(37-19-36-29)38-23-6-10-31(27(15-23)26-16-24(39)7-9-30(26)40)44-25-8-4-20-13-22(35)5-3-21(20)14-25/h3-10,13-19H,11-12H2,1-2H3,(H,36,37,38). The first kappa shape index (κ1) is 29.0. The molecule has 1 aliphatic carbocycles. The lowest BCUT2D eigenvalue weighted by atomic mass is 9.95. The number of ketones is 2. The average molecular weight is 653 g/mol. The fraction of sp³-hybridized carbons (Fsp3) is 0.118. The summed E-state index contributed by atoms with van der Waals surface area (Å²) in [4.78, 5) is 34.1. The van der Waals surface area contributed by atoms with Crippen LogP contribution < -0.4 is 19.5 Å². The van der Waals surface area contributed by atoms with E-state index in [0.717, 1.165) is 15.2 Å². The molecule has 0 unspecified atom stereocenters. The average Bonchev–Trinajstić information content (AvgIpc) is 3.03. The lowest BCUT2D eigenvalue weighted by Gasteiger charge is -2.17. The topological polar surface area (TPSA) is 109 Å². The second-order valence-corrected chi connectivity index (χ2v) is 10.7. The molecule has 10 heteroatoms. The van der Waals surface area contributed by atoms with Gasteiger partial charge in [0.05, 0.1) is 19.2 Å². The molecule has 0 radical (unpaired) electrons. The van der Waals surface area contributed by atoms with Crippen molar-refractivity contribution in [1.29, 1.82) is 0 Å². The molecule has 0 atom stereocenters. The Morgan fingerprint density at radius 2 is 1.66 bits per heavy atom. The number of nitrogens with one attached hydrogen (secondary N) is 1. The summed E-state index contributed by atoms with van der Waals surface area (Å²) in [7, 11) is 3.17. The molecule has 0 saturated carbocycles. The number of methoxy groups -OCH3 is 2. The third kappa shape index (κ3) is 6.17. The highest BCUT2D eigenvalue weighted by Gasteiger charge is 2.21. The van der Waals surface area contributed by atoms with Crippen molar-refractivity contribution in [1.82, 2.24) is 9.97 Å². The van der Waals surface area contributed by atoms with Gasteiger partial charge < -0.3 is 24.3 Å². The number of aromatic nitrogens is 2. The van der Waals surface area contributed by atoms with Gasteiger partial charge in [-0.2, -0.15) is 0 Å². The van der Waals surface area contributed by atoms with Gasteiger partial charge >= 0.3 is 0 Å². The smallest absolute Gasteiger partial charge is 0.186 e. The summed E-state index contributed by atoms with van der Waals surface area (Å²) in [5.74, 6) is 1.99. The van der Waals surface area contributed by atoms with Crippen molar-refractivity contribution in [3.8, 4) is 23.0 Å². The zero-order chi connectivity index (χ0) is 30.6. The monoisotopic (exact) mass is 651 g/mol. The highest BCUT2D eigenvalue weighted by Crippen LogP contribution is 2.38. The lowest BCUT2D eigenvalue weighted by Crippen LogP contribution is -2.08. The van der Waals surface area contributed by atoms with E-state index in [4.69, 9.17) is 18.9 Å². The molecule has 0 saturated heterocycles. The van der Waals surface area contributed by atoms with Gasteiger partial charge in [-0.05, 0) is 77.5 Å². The van der Waals surface area contributed by atoms with Gasteiger partial charge in [-0.3, -0.25) is 9.59 Å². The SMILES string of the molecule is COCCOc1cc2ncnc(Nc3ccc(Oc4ccc5cc(Br)ccc5c4)c(C4=CC(=O)C=CC4=O)c3)c2cc1OC. The van der Waals surface area contributed by atoms with Crippen LogP contribution in [-0.4, -0.2) is 49.0 Å². The van der Waals surface area contributed by atoms with E-state index in [-0.39, 0.29) is 17.1 Å². The number of nitrogens with zero attached hydrogens (tertiary/aromatic N) is 2. The minimum absolute atomic E-state index is 0.230. The normalized spacial score (nSPS) is 12.8. The first-order valence-electron chi connectivity index (χ1n) is 13.6. The van der Waals surface area contributed by atoms with E-state index < -0.39 is 0 Å². The Morgan fingerprint density at radius 3 is 2.50 bits per heavy atom. The summed E-state index contributed by atoms with van der Waals surface area (Å²) in [6.45, 7) is 0.786. The Morgan fingerprint density at radius 1 is 0.818 bits per heavy atom. The fourth-order valence-corrected chi connectivity index (χ4v) is 5.20. The largest absolute Gasteiger partial charge is 0.493 e. The van der Waals surface area contributed by atoms with Crippen LogP contribution in [0.1, 0.15) is 5.56 Å². The van der Waals surface area contributed by atoms with E-state index in [1.807, 2.05) is 42.5 Å². The Bertz CT molecular complexity index is 1990. The molecule has 0 fully saturated rings. The fourth-order valence-electron chi connectivity index (χ4n) is 4.82. The number of benzene rings is 4. The van der Waals surface area contributed by atoms with Crippen LogP contribution in [0.3, 0.4) is 0 Å². The highest BCUT2D eigenvalue weighted by atomic mass is 79.9. The molecule has 0 bridgehead atoms. The predicted molar refractivity (Wildman–Crippen MR) is 172 cm³/mol. The summed E-state index contributed by atoms with van der Waals surface area (Å²) < 4.78 is 23.7. The maximum atomic E-state index is 13.0. The third-order valence-electron chi connectivity index (χ3n) is 6.95. The van der Waals surface area contributed by atoms with Gasteiger partial charge in [-0.25, -0.2) is 9.97 Å². The van der Waals surface area contributed by atoms with Crippen molar-refractivity contribution in [2.75, 3.05) is 32.8 Å². The van der Waals surface area contributed by atoms with Gasteiger partial charge in [-0.15, -0.1) is 0 Å². The number of halogens is 1. The molecule has 0 amide bonds. The quantitative estimate of drug-likeness (QED) is 0.124. The van der Waals surface area contributed by atoms with Gasteiger partial charge in [0.2, 0.25) is 0 Å². The summed E-state index contributed by atoms with van der Waals surface area (Å²) in [6.07, 6.45) is 5.29. The van der Waals surface area contributed by atoms with Gasteiger partial charge in [0, 0.05) is 39.9 Å². The van der Waals surface area contributed by atoms with Crippen LogP contribution in [0.5, 0.6) is 23.0 Å². The summed E-state index contributed by atoms with van der Waals surface area (Å²) in [6, 6.07) is 20.6. The van der Waals surface area contributed by atoms with Crippen LogP contribution in [0, 0.1) is 0 Å². The second-order valence-electron chi connectivity index (χ2n) is 9.83. The summed E-state index contributed by atoms with van der Waals surface area (Å²) in [5, 5.41) is 6.07. The van der Waals surface area contributed by atoms with Crippen LogP contribution in [0.15, 0.2) is 95.8 Å². The lowest BCUT2D eigenvalue weighted by molar-refractivity contribution is -0.113. The minimum atomic E-state index is -0.298. The highest BCUT2D eigenvalue weighted by molar-refractivity contribution is 9.10. The molecule has 1 N–H and O–H groups in total. The number of anilines is 2. The maximum absolute atomic E-state index is 13.0. The van der Waals surface area contributed by atoms with E-state index in [0.29, 0.717) is 64.2 Å². The van der Waals surface area contributed by atoms with E-state index in [9.17, 15) is 9.59 Å². The number of ether oxygens (including phenoxy) is 4. The van der Waals surface area contributed by atoms with E-state index in [1.165, 1.54) is 24.6 Å². The molecule has 44 heavy (non-hydrogen) atoms. The van der Waals surface area contributed by atoms with Crippen molar-refractivity contribution >= 4 is 66.3 Å². The van der Waals surface area contributed by atoms with Crippen molar-refractivity contribution in [3.05, 3.63) is 101 Å². The summed E-state index contributed by atoms with van der Waals surface area (Å²) >= 11 is 3.50. The maximum Gasteiger partial charge on any atom is 0.186 e. The zero-order valence-corrected chi connectivity index (χ0v) is 25.4. The first-order chi connectivity index (χ1) is 21.4. The third-order valence-corrected chi connectivity index (χ3v) is 7.44. The molecular formula is C34H26BrN3O6. The van der Waals surface area contributed by atoms with Crippen LogP contribution in [0.2, 0.25) is 0 Å². The second kappa shape index (κ2) is 12.7. The van der Waals surface area contributed by atoms with Crippen LogP contribution in [-0.2, 0) is 14.3 Å². The van der Waals surface area contributed by atoms with Crippen LogP contribution in [0.4, 0.5) is 11.5 Å². The van der Waals surface area contributed by atoms with E-state index in [1.54, 1.807) is 38.5 Å². The van der Waals surface area contributed by atoms with Gasteiger partial charge in [-0.1, -0.05) is 28.1 Å². The minimum Gasteiger partial charge on any atom is -0.493 e. The first-order valence-corrected chi connectivity index (χ1v) is 14.4. The van der Waals surface area contributed by atoms with Crippen molar-refractivity contribution in [2.24, 2.45) is 0 Å². The molecule has 5 aromatic rings. The number of hydrogen-bond donors (Lipinski definition) is 1. The van der Waals surface area contributed by atoms with Crippen molar-refractivity contribution < 1.29 is 28.5 Å². The summed E-state index contributed by atoms with van der Waals surface area (Å²) in [5.41, 5.74) is 1.94. The van der Waals surface area contributed by atoms with Gasteiger partial charge in [0.25, 0.3) is 0 Å². The number of fused-ring (bicyclic) bond motifs is 2. The van der Waals surface area contributed by atoms with Crippen molar-refractivity contribution in [2.45, 2.75) is 0 Å². The van der Waals surface area contributed by atoms with Crippen molar-refractivity contribution in [3.63, 3.8) is 0 Å². The van der Waals surface area contributed by atoms with E-state index in [2.05, 4.69) is 31.2 Å². The molecule has 4 aromatic carbocycles. The molecule has 1 aliphatic rings. The molecule has 1 aromatic heterocycles. The van der Waals surface area contributed by atoms with Crippen LogP contribution in [0.25, 0.3) is 27.2 Å². The number of carbonyl (C=O) groups excluding carboxylic acids is 2. The van der Waals surface area contributed by atoms with Crippen LogP contribution >= 0.6 is 15.9 Å². The molecule has 0 aliphatic heterocycles. The number of carbonyl (C=O) groups is 2. The van der Waals surface area contributed by atoms with Gasteiger partial charge in [0.15, 0.2) is 23.1 Å². The van der Waals surface area contributed by atoms with Gasteiger partial charge in [0.1, 0.15) is 30.3 Å². The van der Waals surface area contributed by atoms with E-state index >= 15 is 0 Å². The Balaban J connectivity index is 1.37. The number of allylic oxidation sites excluding steroid dienone is 4. The number of rotatable bonds is 10. The molecule has 6 rings (SSSR count). The predicted octanol–water partition coefficient (Wildman–Crippen LogP) is 7.21. The molecule has 220 valence electrons. The Kier molecular flexibility index (Phi) is 8.36. The zero-order valence-electron chi connectivity index (χ0n) is 23.8. The Hall–Kier alpha value is -5.06. The molecular weight excluding hydrogens is 626 g/mol. The molecule has 9 nitrogen and oxygen atoms in total.